The molecule has 1 aromatic carbocycles. The van der Waals surface area contributed by atoms with Crippen LogP contribution in [0, 0.1) is 0 Å². The van der Waals surface area contributed by atoms with Crippen molar-refractivity contribution in [3.05, 3.63) is 24.3 Å². The van der Waals surface area contributed by atoms with Crippen LogP contribution in [0.5, 0.6) is 0 Å². The van der Waals surface area contributed by atoms with E-state index in [0.29, 0.717) is 12.1 Å². The number of amides is 1. The number of anilines is 1. The molecule has 0 radical (unpaired) electrons. The fourth-order valence-corrected chi connectivity index (χ4v) is 2.00. The molecule has 0 aliphatic carbocycles. The average Bonchev–Trinajstić information content (AvgIpc) is 2.39. The van der Waals surface area contributed by atoms with Crippen LogP contribution in [0.3, 0.4) is 0 Å². The van der Waals surface area contributed by atoms with Crippen LogP contribution in [0.25, 0.3) is 0 Å². The van der Waals surface area contributed by atoms with Crippen LogP contribution in [-0.2, 0) is 14.8 Å². The number of nitrogens with one attached hydrogen (secondary N) is 2. The fraction of sp³-hybridized carbons (Fsp3) is 0.417. The molecule has 0 heterocycles. The van der Waals surface area contributed by atoms with Gasteiger partial charge in [0.05, 0.1) is 10.4 Å². The Morgan fingerprint density at radius 1 is 1.32 bits per heavy atom. The largest absolute Gasteiger partial charge is 0.325 e. The van der Waals surface area contributed by atoms with Gasteiger partial charge in [-0.3, -0.25) is 4.79 Å². The van der Waals surface area contributed by atoms with Gasteiger partial charge in [-0.15, -0.1) is 0 Å². The molecule has 0 aromatic heterocycles. The van der Waals surface area contributed by atoms with Crippen LogP contribution in [0.1, 0.15) is 20.3 Å². The van der Waals surface area contributed by atoms with Crippen molar-refractivity contribution in [1.29, 1.82) is 0 Å². The maximum absolute atomic E-state index is 11.8. The molecule has 0 spiro atoms. The van der Waals surface area contributed by atoms with E-state index in [9.17, 15) is 13.2 Å². The van der Waals surface area contributed by atoms with Gasteiger partial charge in [0, 0.05) is 5.69 Å². The predicted molar refractivity (Wildman–Crippen MR) is 74.2 cm³/mol. The van der Waals surface area contributed by atoms with Crippen LogP contribution in [0.15, 0.2) is 29.2 Å². The van der Waals surface area contributed by atoms with Crippen LogP contribution >= 0.6 is 0 Å². The van der Waals surface area contributed by atoms with E-state index in [2.05, 4.69) is 10.0 Å². The zero-order chi connectivity index (χ0) is 14.7. The van der Waals surface area contributed by atoms with Gasteiger partial charge in [-0.25, -0.2) is 13.1 Å². The Labute approximate surface area is 113 Å². The minimum absolute atomic E-state index is 0.138. The van der Waals surface area contributed by atoms with Crippen LogP contribution < -0.4 is 15.8 Å². The third-order valence-electron chi connectivity index (χ3n) is 2.94. The van der Waals surface area contributed by atoms with Crippen molar-refractivity contribution in [3.8, 4) is 0 Å². The molecule has 0 saturated heterocycles. The van der Waals surface area contributed by atoms with E-state index in [1.165, 1.54) is 31.3 Å². The van der Waals surface area contributed by atoms with Crippen molar-refractivity contribution < 1.29 is 13.2 Å². The number of rotatable bonds is 5. The van der Waals surface area contributed by atoms with Crippen molar-refractivity contribution >= 4 is 21.6 Å². The van der Waals surface area contributed by atoms with Crippen molar-refractivity contribution in [2.75, 3.05) is 12.4 Å². The van der Waals surface area contributed by atoms with Crippen LogP contribution in [-0.4, -0.2) is 26.9 Å². The predicted octanol–water partition coefficient (Wildman–Crippen LogP) is 0.661. The molecule has 1 rings (SSSR count). The first kappa shape index (κ1) is 15.6. The zero-order valence-corrected chi connectivity index (χ0v) is 12.0. The van der Waals surface area contributed by atoms with Crippen molar-refractivity contribution in [3.63, 3.8) is 0 Å². The van der Waals surface area contributed by atoms with Gasteiger partial charge in [0.2, 0.25) is 15.9 Å². The highest BCUT2D eigenvalue weighted by Crippen LogP contribution is 2.15. The number of hydrogen-bond acceptors (Lipinski definition) is 4. The second kappa shape index (κ2) is 5.68. The highest BCUT2D eigenvalue weighted by atomic mass is 32.2. The number of benzene rings is 1. The molecule has 1 atom stereocenters. The molecular formula is C12H19N3O3S. The van der Waals surface area contributed by atoms with Gasteiger partial charge in [-0.1, -0.05) is 6.92 Å². The Bertz CT molecular complexity index is 550. The van der Waals surface area contributed by atoms with Crippen molar-refractivity contribution in [2.24, 2.45) is 5.73 Å². The lowest BCUT2D eigenvalue weighted by Crippen LogP contribution is -2.47. The monoisotopic (exact) mass is 285 g/mol. The number of sulfonamides is 1. The van der Waals surface area contributed by atoms with Gasteiger partial charge in [0.25, 0.3) is 0 Å². The van der Waals surface area contributed by atoms with Crippen molar-refractivity contribution in [1.82, 2.24) is 4.72 Å². The van der Waals surface area contributed by atoms with Gasteiger partial charge in [0.15, 0.2) is 0 Å². The summed E-state index contributed by atoms with van der Waals surface area (Å²) in [6.45, 7) is 3.46. The Balaban J connectivity index is 2.87. The topological polar surface area (TPSA) is 101 Å². The molecule has 0 saturated carbocycles. The van der Waals surface area contributed by atoms with E-state index in [-0.39, 0.29) is 10.8 Å². The van der Waals surface area contributed by atoms with E-state index in [0.717, 1.165) is 0 Å². The molecule has 1 amide bonds. The molecule has 0 aliphatic rings. The lowest BCUT2D eigenvalue weighted by Gasteiger charge is -2.21. The van der Waals surface area contributed by atoms with Gasteiger partial charge in [-0.2, -0.15) is 0 Å². The first-order valence-electron chi connectivity index (χ1n) is 5.87. The molecular weight excluding hydrogens is 266 g/mol. The average molecular weight is 285 g/mol. The molecule has 0 bridgehead atoms. The molecule has 19 heavy (non-hydrogen) atoms. The molecule has 4 N–H and O–H groups in total. The molecule has 0 fully saturated rings. The number of nitrogens with two attached hydrogens (primary N) is 1. The van der Waals surface area contributed by atoms with Crippen LogP contribution in [0.4, 0.5) is 5.69 Å². The van der Waals surface area contributed by atoms with Gasteiger partial charge in [-0.05, 0) is 44.7 Å². The standard InChI is InChI=1S/C12H19N3O3S/c1-4-12(2,13)11(16)15-9-5-7-10(8-6-9)19(17,18)14-3/h5-8,14H,4,13H2,1-3H3,(H,15,16). The molecule has 1 aromatic rings. The summed E-state index contributed by atoms with van der Waals surface area (Å²) in [5, 5.41) is 2.65. The second-order valence-corrected chi connectivity index (χ2v) is 6.34. The lowest BCUT2D eigenvalue weighted by molar-refractivity contribution is -0.120. The minimum atomic E-state index is -3.46. The van der Waals surface area contributed by atoms with Gasteiger partial charge < -0.3 is 11.1 Å². The van der Waals surface area contributed by atoms with E-state index in [1.54, 1.807) is 6.92 Å². The molecule has 7 heteroatoms. The molecule has 6 nitrogen and oxygen atoms in total. The maximum atomic E-state index is 11.8. The Hall–Kier alpha value is -1.44. The summed E-state index contributed by atoms with van der Waals surface area (Å²) in [4.78, 5) is 12.0. The number of carbonyl (C=O) groups excluding carboxylic acids is 1. The normalized spacial score (nSPS) is 14.7. The maximum Gasteiger partial charge on any atom is 0.244 e. The smallest absolute Gasteiger partial charge is 0.244 e. The fourth-order valence-electron chi connectivity index (χ4n) is 1.27. The highest BCUT2D eigenvalue weighted by molar-refractivity contribution is 7.89. The molecule has 106 valence electrons. The summed E-state index contributed by atoms with van der Waals surface area (Å²) in [5.74, 6) is -0.306. The molecule has 0 aliphatic heterocycles. The quantitative estimate of drug-likeness (QED) is 0.739. The Morgan fingerprint density at radius 3 is 2.26 bits per heavy atom. The zero-order valence-electron chi connectivity index (χ0n) is 11.2. The lowest BCUT2D eigenvalue weighted by atomic mass is 9.99. The first-order valence-corrected chi connectivity index (χ1v) is 7.35. The summed E-state index contributed by atoms with van der Waals surface area (Å²) in [7, 11) is -2.12. The number of carbonyl (C=O) groups is 1. The van der Waals surface area contributed by atoms with Crippen molar-refractivity contribution in [2.45, 2.75) is 30.7 Å². The molecule has 1 unspecified atom stereocenters. The summed E-state index contributed by atoms with van der Waals surface area (Å²) < 4.78 is 25.3. The summed E-state index contributed by atoms with van der Waals surface area (Å²) in [6.07, 6.45) is 0.505. The number of hydrogen-bond donors (Lipinski definition) is 3. The van der Waals surface area contributed by atoms with Crippen LogP contribution in [0.2, 0.25) is 0 Å². The third kappa shape index (κ3) is 3.76. The van der Waals surface area contributed by atoms with Gasteiger partial charge >= 0.3 is 0 Å². The summed E-state index contributed by atoms with van der Waals surface area (Å²) in [6, 6.07) is 5.88. The Morgan fingerprint density at radius 2 is 1.84 bits per heavy atom. The first-order chi connectivity index (χ1) is 8.73. The summed E-state index contributed by atoms with van der Waals surface area (Å²) in [5.41, 5.74) is 5.37. The van der Waals surface area contributed by atoms with Gasteiger partial charge in [0.1, 0.15) is 0 Å². The van der Waals surface area contributed by atoms with E-state index in [4.69, 9.17) is 5.73 Å². The Kier molecular flexibility index (Phi) is 4.67. The van der Waals surface area contributed by atoms with E-state index >= 15 is 0 Å². The van der Waals surface area contributed by atoms with E-state index in [1.807, 2.05) is 6.92 Å². The van der Waals surface area contributed by atoms with E-state index < -0.39 is 15.6 Å². The summed E-state index contributed by atoms with van der Waals surface area (Å²) >= 11 is 0. The second-order valence-electron chi connectivity index (χ2n) is 4.46. The SMILES string of the molecule is CCC(C)(N)C(=O)Nc1ccc(S(=O)(=O)NC)cc1. The third-order valence-corrected chi connectivity index (χ3v) is 4.37. The highest BCUT2D eigenvalue weighted by Gasteiger charge is 2.25. The minimum Gasteiger partial charge on any atom is -0.325 e.